The minimum Gasteiger partial charge on any atom is -0.395 e. The van der Waals surface area contributed by atoms with E-state index in [0.29, 0.717) is 11.3 Å². The van der Waals surface area contributed by atoms with Gasteiger partial charge in [0.05, 0.1) is 16.4 Å². The fraction of sp³-hybridized carbons (Fsp3) is 0.533. The zero-order valence-corrected chi connectivity index (χ0v) is 12.6. The van der Waals surface area contributed by atoms with E-state index < -0.39 is 0 Å². The maximum atomic E-state index is 12.1. The summed E-state index contributed by atoms with van der Waals surface area (Å²) in [6.45, 7) is 6.27. The summed E-state index contributed by atoms with van der Waals surface area (Å²) in [7, 11) is 0. The molecule has 104 valence electrons. The Morgan fingerprint density at radius 3 is 2.68 bits per heavy atom. The SMILES string of the molecule is CCC(C)(CC)NC(=O)c1ccc(C#CCCO)s1. The lowest BCUT2D eigenvalue weighted by Crippen LogP contribution is -2.44. The Bertz CT molecular complexity index is 478. The van der Waals surface area contributed by atoms with Crippen LogP contribution < -0.4 is 5.32 Å². The summed E-state index contributed by atoms with van der Waals surface area (Å²) >= 11 is 1.39. The quantitative estimate of drug-likeness (QED) is 0.814. The number of amides is 1. The van der Waals surface area contributed by atoms with Crippen molar-refractivity contribution in [2.45, 2.75) is 45.6 Å². The molecule has 1 heterocycles. The number of hydrogen-bond acceptors (Lipinski definition) is 3. The van der Waals surface area contributed by atoms with Crippen molar-refractivity contribution >= 4 is 17.2 Å². The molecule has 0 aliphatic rings. The molecule has 0 aliphatic carbocycles. The van der Waals surface area contributed by atoms with Gasteiger partial charge in [-0.25, -0.2) is 0 Å². The lowest BCUT2D eigenvalue weighted by Gasteiger charge is -2.27. The summed E-state index contributed by atoms with van der Waals surface area (Å²) in [6.07, 6.45) is 2.27. The highest BCUT2D eigenvalue weighted by atomic mass is 32.1. The highest BCUT2D eigenvalue weighted by Gasteiger charge is 2.23. The molecule has 0 fully saturated rings. The lowest BCUT2D eigenvalue weighted by molar-refractivity contribution is 0.0905. The van der Waals surface area contributed by atoms with Crippen molar-refractivity contribution < 1.29 is 9.90 Å². The van der Waals surface area contributed by atoms with Crippen molar-refractivity contribution in [2.75, 3.05) is 6.61 Å². The Balaban J connectivity index is 2.72. The number of carbonyl (C=O) groups excluding carboxylic acids is 1. The van der Waals surface area contributed by atoms with Crippen LogP contribution in [0.5, 0.6) is 0 Å². The maximum Gasteiger partial charge on any atom is 0.261 e. The van der Waals surface area contributed by atoms with Crippen molar-refractivity contribution in [3.05, 3.63) is 21.9 Å². The first kappa shape index (κ1) is 15.7. The molecule has 0 unspecified atom stereocenters. The van der Waals surface area contributed by atoms with E-state index in [2.05, 4.69) is 37.9 Å². The third-order valence-electron chi connectivity index (χ3n) is 3.25. The molecule has 0 saturated heterocycles. The van der Waals surface area contributed by atoms with E-state index in [-0.39, 0.29) is 18.1 Å². The van der Waals surface area contributed by atoms with Gasteiger partial charge >= 0.3 is 0 Å². The maximum absolute atomic E-state index is 12.1. The van der Waals surface area contributed by atoms with Gasteiger partial charge in [0.15, 0.2) is 0 Å². The average Bonchev–Trinajstić information content (AvgIpc) is 2.88. The largest absolute Gasteiger partial charge is 0.395 e. The Morgan fingerprint density at radius 2 is 2.11 bits per heavy atom. The van der Waals surface area contributed by atoms with Gasteiger partial charge in [-0.1, -0.05) is 25.7 Å². The number of thiophene rings is 1. The van der Waals surface area contributed by atoms with Gasteiger partial charge in [0.25, 0.3) is 5.91 Å². The Morgan fingerprint density at radius 1 is 1.42 bits per heavy atom. The Labute approximate surface area is 119 Å². The van der Waals surface area contributed by atoms with Gasteiger partial charge in [0.2, 0.25) is 0 Å². The summed E-state index contributed by atoms with van der Waals surface area (Å²) in [6, 6.07) is 3.65. The first-order valence-electron chi connectivity index (χ1n) is 6.56. The number of aliphatic hydroxyl groups is 1. The molecule has 2 N–H and O–H groups in total. The molecule has 3 nitrogen and oxygen atoms in total. The van der Waals surface area contributed by atoms with E-state index in [9.17, 15) is 4.79 Å². The minimum absolute atomic E-state index is 0.0357. The van der Waals surface area contributed by atoms with Crippen LogP contribution in [0, 0.1) is 11.8 Å². The smallest absolute Gasteiger partial charge is 0.261 e. The zero-order chi connectivity index (χ0) is 14.3. The molecule has 1 rings (SSSR count). The fourth-order valence-electron chi connectivity index (χ4n) is 1.50. The second kappa shape index (κ2) is 7.32. The van der Waals surface area contributed by atoms with Gasteiger partial charge in [0.1, 0.15) is 0 Å². The first-order chi connectivity index (χ1) is 9.04. The molecule has 1 aromatic rings. The fourth-order valence-corrected chi connectivity index (χ4v) is 2.27. The summed E-state index contributed by atoms with van der Waals surface area (Å²) in [5, 5.41) is 11.7. The molecule has 4 heteroatoms. The molecular formula is C15H21NO2S. The number of carbonyl (C=O) groups is 1. The van der Waals surface area contributed by atoms with Crippen LogP contribution >= 0.6 is 11.3 Å². The van der Waals surface area contributed by atoms with E-state index in [1.54, 1.807) is 6.07 Å². The van der Waals surface area contributed by atoms with Crippen LogP contribution in [0.4, 0.5) is 0 Å². The van der Waals surface area contributed by atoms with Crippen molar-refractivity contribution in [1.82, 2.24) is 5.32 Å². The Hall–Kier alpha value is -1.31. The van der Waals surface area contributed by atoms with Gasteiger partial charge < -0.3 is 10.4 Å². The Kier molecular flexibility index (Phi) is 6.07. The summed E-state index contributed by atoms with van der Waals surface area (Å²) in [5.74, 6) is 5.76. The average molecular weight is 279 g/mol. The minimum atomic E-state index is -0.149. The van der Waals surface area contributed by atoms with Gasteiger partial charge in [-0.15, -0.1) is 11.3 Å². The molecule has 0 radical (unpaired) electrons. The molecular weight excluding hydrogens is 258 g/mol. The van der Waals surface area contributed by atoms with Crippen molar-refractivity contribution in [3.8, 4) is 11.8 Å². The molecule has 1 amide bonds. The van der Waals surface area contributed by atoms with Crippen LogP contribution in [0.15, 0.2) is 12.1 Å². The molecule has 0 aromatic carbocycles. The van der Waals surface area contributed by atoms with Crippen LogP contribution in [0.2, 0.25) is 0 Å². The highest BCUT2D eigenvalue weighted by molar-refractivity contribution is 7.14. The van der Waals surface area contributed by atoms with Gasteiger partial charge in [-0.2, -0.15) is 0 Å². The number of hydrogen-bond donors (Lipinski definition) is 2. The molecule has 19 heavy (non-hydrogen) atoms. The predicted molar refractivity (Wildman–Crippen MR) is 79.4 cm³/mol. The number of aliphatic hydroxyl groups excluding tert-OH is 1. The molecule has 0 spiro atoms. The van der Waals surface area contributed by atoms with Crippen LogP contribution in [0.25, 0.3) is 0 Å². The van der Waals surface area contributed by atoms with E-state index in [4.69, 9.17) is 5.11 Å². The molecule has 0 atom stereocenters. The number of nitrogens with one attached hydrogen (secondary N) is 1. The van der Waals surface area contributed by atoms with Crippen molar-refractivity contribution in [2.24, 2.45) is 0 Å². The second-order valence-electron chi connectivity index (χ2n) is 4.66. The molecule has 0 aliphatic heterocycles. The molecule has 0 bridgehead atoms. The predicted octanol–water partition coefficient (Wildman–Crippen LogP) is 2.79. The molecule has 1 aromatic heterocycles. The second-order valence-corrected chi connectivity index (χ2v) is 5.74. The van der Waals surface area contributed by atoms with Crippen LogP contribution in [0.3, 0.4) is 0 Å². The summed E-state index contributed by atoms with van der Waals surface area (Å²) in [5.41, 5.74) is -0.149. The third-order valence-corrected chi connectivity index (χ3v) is 4.25. The zero-order valence-electron chi connectivity index (χ0n) is 11.7. The number of rotatable bonds is 5. The van der Waals surface area contributed by atoms with Crippen molar-refractivity contribution in [3.63, 3.8) is 0 Å². The van der Waals surface area contributed by atoms with Crippen LogP contribution in [-0.4, -0.2) is 23.2 Å². The normalized spacial score (nSPS) is 10.7. The highest BCUT2D eigenvalue weighted by Crippen LogP contribution is 2.19. The van der Waals surface area contributed by atoms with E-state index in [0.717, 1.165) is 17.7 Å². The van der Waals surface area contributed by atoms with Gasteiger partial charge in [0, 0.05) is 12.0 Å². The van der Waals surface area contributed by atoms with E-state index in [1.807, 2.05) is 6.07 Å². The van der Waals surface area contributed by atoms with Gasteiger partial charge in [-0.05, 0) is 31.9 Å². The van der Waals surface area contributed by atoms with Crippen molar-refractivity contribution in [1.29, 1.82) is 0 Å². The topological polar surface area (TPSA) is 49.3 Å². The van der Waals surface area contributed by atoms with E-state index in [1.165, 1.54) is 11.3 Å². The first-order valence-corrected chi connectivity index (χ1v) is 7.38. The molecule has 0 saturated carbocycles. The lowest BCUT2D eigenvalue weighted by atomic mass is 9.95. The summed E-state index contributed by atoms with van der Waals surface area (Å²) < 4.78 is 0. The standard InChI is InChI=1S/C15H21NO2S/c1-4-15(3,5-2)16-14(18)13-10-9-12(19-13)8-6-7-11-17/h9-10,17H,4-5,7,11H2,1-3H3,(H,16,18). The third kappa shape index (κ3) is 4.70. The summed E-state index contributed by atoms with van der Waals surface area (Å²) in [4.78, 5) is 13.7. The van der Waals surface area contributed by atoms with Crippen LogP contribution in [0.1, 0.15) is 54.6 Å². The monoisotopic (exact) mass is 279 g/mol. The van der Waals surface area contributed by atoms with Gasteiger partial charge in [-0.3, -0.25) is 4.79 Å². The van der Waals surface area contributed by atoms with E-state index >= 15 is 0 Å². The van der Waals surface area contributed by atoms with Crippen LogP contribution in [-0.2, 0) is 0 Å².